The number of nitrogens with one attached hydrogen (secondary N) is 1. The van der Waals surface area contributed by atoms with E-state index in [-0.39, 0.29) is 17.4 Å². The molecule has 1 atom stereocenters. The molecule has 1 fully saturated rings. The highest BCUT2D eigenvalue weighted by Gasteiger charge is 2.34. The van der Waals surface area contributed by atoms with Gasteiger partial charge in [-0.15, -0.1) is 0 Å². The molecule has 0 aliphatic carbocycles. The molecule has 0 spiro atoms. The molecule has 2 aliphatic heterocycles. The van der Waals surface area contributed by atoms with Crippen molar-refractivity contribution in [3.63, 3.8) is 0 Å². The summed E-state index contributed by atoms with van der Waals surface area (Å²) in [7, 11) is 0. The average molecular weight is 386 g/mol. The van der Waals surface area contributed by atoms with Crippen LogP contribution in [0, 0.1) is 17.6 Å². The molecule has 2 aromatic carbocycles. The van der Waals surface area contributed by atoms with Gasteiger partial charge in [-0.2, -0.15) is 0 Å². The number of hydrogen-bond acceptors (Lipinski definition) is 3. The second-order valence-electron chi connectivity index (χ2n) is 8.27. The number of benzene rings is 2. The summed E-state index contributed by atoms with van der Waals surface area (Å²) in [6.45, 7) is 5.55. The lowest BCUT2D eigenvalue weighted by Crippen LogP contribution is -2.45. The fraction of sp³-hybridized carbons (Fsp3) is 0.409. The Bertz CT molecular complexity index is 937. The topological polar surface area (TPSA) is 52.6 Å². The van der Waals surface area contributed by atoms with Crippen LogP contribution in [0.25, 0.3) is 11.1 Å². The third-order valence-electron chi connectivity index (χ3n) is 5.90. The molecule has 28 heavy (non-hydrogen) atoms. The molecule has 0 aromatic heterocycles. The largest absolute Gasteiger partial charge is 0.390 e. The second-order valence-corrected chi connectivity index (χ2v) is 8.27. The minimum absolute atomic E-state index is 0.105. The number of anilines is 1. The summed E-state index contributed by atoms with van der Waals surface area (Å²) < 4.78 is 27.7. The minimum atomic E-state index is -0.795. The van der Waals surface area contributed by atoms with Crippen LogP contribution in [0.15, 0.2) is 30.3 Å². The van der Waals surface area contributed by atoms with Crippen LogP contribution in [-0.4, -0.2) is 29.7 Å². The first-order chi connectivity index (χ1) is 13.2. The van der Waals surface area contributed by atoms with Crippen molar-refractivity contribution in [1.82, 2.24) is 5.32 Å². The summed E-state index contributed by atoms with van der Waals surface area (Å²) in [5.41, 5.74) is 2.32. The van der Waals surface area contributed by atoms with Gasteiger partial charge in [-0.1, -0.05) is 0 Å². The quantitative estimate of drug-likeness (QED) is 0.842. The van der Waals surface area contributed by atoms with E-state index >= 15 is 0 Å². The molecule has 1 unspecified atom stereocenters. The molecule has 0 saturated carbocycles. The van der Waals surface area contributed by atoms with Crippen molar-refractivity contribution in [3.8, 4) is 11.1 Å². The molecule has 1 amide bonds. The predicted octanol–water partition coefficient (Wildman–Crippen LogP) is 3.86. The van der Waals surface area contributed by atoms with Gasteiger partial charge in [0.25, 0.3) is 5.91 Å². The Hall–Kier alpha value is -2.47. The number of nitrogens with zero attached hydrogens (tertiary/aromatic N) is 1. The van der Waals surface area contributed by atoms with Crippen LogP contribution in [0.4, 0.5) is 14.5 Å². The van der Waals surface area contributed by atoms with E-state index < -0.39 is 17.2 Å². The maximum atomic E-state index is 14.4. The van der Waals surface area contributed by atoms with E-state index in [0.29, 0.717) is 24.2 Å². The lowest BCUT2D eigenvalue weighted by molar-refractivity contribution is 0.0110. The van der Waals surface area contributed by atoms with E-state index in [1.54, 1.807) is 6.07 Å². The first-order valence-corrected chi connectivity index (χ1v) is 9.62. The number of fused-ring (bicyclic) bond motifs is 1. The Morgan fingerprint density at radius 3 is 2.68 bits per heavy atom. The molecule has 2 aromatic rings. The highest BCUT2D eigenvalue weighted by atomic mass is 19.1. The van der Waals surface area contributed by atoms with Gasteiger partial charge in [0.15, 0.2) is 0 Å². The number of amides is 1. The third kappa shape index (κ3) is 3.37. The van der Waals surface area contributed by atoms with Crippen molar-refractivity contribution < 1.29 is 18.7 Å². The van der Waals surface area contributed by atoms with E-state index in [1.807, 2.05) is 19.9 Å². The van der Waals surface area contributed by atoms with Gasteiger partial charge in [-0.25, -0.2) is 8.78 Å². The standard InChI is InChI=1S/C22H24F2N2O2/c1-22(2,28)14-4-3-7-26(12-14)20-9-13(8-17-18(20)11-25-21(17)27)16-6-5-15(23)10-19(16)24/h5-6,8-10,14,28H,3-4,7,11-12H2,1-2H3,(H,25,27). The highest BCUT2D eigenvalue weighted by molar-refractivity contribution is 6.01. The van der Waals surface area contributed by atoms with Crippen LogP contribution in [0.2, 0.25) is 0 Å². The number of rotatable bonds is 3. The van der Waals surface area contributed by atoms with Crippen LogP contribution < -0.4 is 10.2 Å². The van der Waals surface area contributed by atoms with E-state index in [9.17, 15) is 18.7 Å². The number of halogens is 2. The van der Waals surface area contributed by atoms with Gasteiger partial charge in [0.1, 0.15) is 11.6 Å². The van der Waals surface area contributed by atoms with Crippen molar-refractivity contribution >= 4 is 11.6 Å². The van der Waals surface area contributed by atoms with Gasteiger partial charge < -0.3 is 15.3 Å². The summed E-state index contributed by atoms with van der Waals surface area (Å²) in [5.74, 6) is -1.37. The van der Waals surface area contributed by atoms with E-state index in [4.69, 9.17) is 0 Å². The van der Waals surface area contributed by atoms with Crippen LogP contribution in [-0.2, 0) is 6.54 Å². The summed E-state index contributed by atoms with van der Waals surface area (Å²) in [6, 6.07) is 7.03. The van der Waals surface area contributed by atoms with Gasteiger partial charge in [0.2, 0.25) is 0 Å². The Morgan fingerprint density at radius 2 is 1.96 bits per heavy atom. The Morgan fingerprint density at radius 1 is 1.18 bits per heavy atom. The van der Waals surface area contributed by atoms with Crippen molar-refractivity contribution in [2.75, 3.05) is 18.0 Å². The summed E-state index contributed by atoms with van der Waals surface area (Å²) in [4.78, 5) is 14.5. The number of piperidine rings is 1. The molecule has 0 bridgehead atoms. The fourth-order valence-corrected chi connectivity index (χ4v) is 4.24. The van der Waals surface area contributed by atoms with Gasteiger partial charge in [0, 0.05) is 54.0 Å². The molecule has 0 radical (unpaired) electrons. The zero-order chi connectivity index (χ0) is 20.1. The Labute approximate surface area is 163 Å². The molecule has 2 heterocycles. The first-order valence-electron chi connectivity index (χ1n) is 9.62. The zero-order valence-corrected chi connectivity index (χ0v) is 16.1. The summed E-state index contributed by atoms with van der Waals surface area (Å²) >= 11 is 0. The van der Waals surface area contributed by atoms with Crippen LogP contribution in [0.5, 0.6) is 0 Å². The van der Waals surface area contributed by atoms with Crippen molar-refractivity contribution in [3.05, 3.63) is 53.1 Å². The van der Waals surface area contributed by atoms with Gasteiger partial charge in [-0.3, -0.25) is 4.79 Å². The normalized spacial score (nSPS) is 19.5. The lowest BCUT2D eigenvalue weighted by atomic mass is 9.83. The third-order valence-corrected chi connectivity index (χ3v) is 5.90. The van der Waals surface area contributed by atoms with E-state index in [0.717, 1.165) is 36.7 Å². The van der Waals surface area contributed by atoms with Gasteiger partial charge >= 0.3 is 0 Å². The smallest absolute Gasteiger partial charge is 0.251 e. The van der Waals surface area contributed by atoms with Crippen molar-refractivity contribution in [2.24, 2.45) is 5.92 Å². The minimum Gasteiger partial charge on any atom is -0.390 e. The lowest BCUT2D eigenvalue weighted by Gasteiger charge is -2.40. The van der Waals surface area contributed by atoms with Crippen molar-refractivity contribution in [2.45, 2.75) is 38.8 Å². The van der Waals surface area contributed by atoms with Gasteiger partial charge in [-0.05, 0) is 56.5 Å². The zero-order valence-electron chi connectivity index (χ0n) is 16.1. The van der Waals surface area contributed by atoms with Crippen LogP contribution in [0.1, 0.15) is 42.6 Å². The summed E-state index contributed by atoms with van der Waals surface area (Å²) in [6.07, 6.45) is 1.87. The monoisotopic (exact) mass is 386 g/mol. The molecule has 4 nitrogen and oxygen atoms in total. The second kappa shape index (κ2) is 6.85. The fourth-order valence-electron chi connectivity index (χ4n) is 4.24. The molecule has 2 N–H and O–H groups in total. The number of carbonyl (C=O) groups is 1. The number of carbonyl (C=O) groups excluding carboxylic acids is 1. The number of hydrogen-bond donors (Lipinski definition) is 2. The highest BCUT2D eigenvalue weighted by Crippen LogP contribution is 2.38. The Balaban J connectivity index is 1.80. The van der Waals surface area contributed by atoms with Gasteiger partial charge in [0.05, 0.1) is 5.60 Å². The summed E-state index contributed by atoms with van der Waals surface area (Å²) in [5, 5.41) is 13.3. The van der Waals surface area contributed by atoms with E-state index in [1.165, 1.54) is 12.1 Å². The van der Waals surface area contributed by atoms with E-state index in [2.05, 4.69) is 10.2 Å². The maximum Gasteiger partial charge on any atom is 0.251 e. The number of aliphatic hydroxyl groups is 1. The SMILES string of the molecule is CC(C)(O)C1CCCN(c2cc(-c3ccc(F)cc3F)cc3c2CNC3=O)C1. The predicted molar refractivity (Wildman–Crippen MR) is 104 cm³/mol. The van der Waals surface area contributed by atoms with Crippen LogP contribution in [0.3, 0.4) is 0 Å². The molecule has 148 valence electrons. The molecule has 4 rings (SSSR count). The molecule has 6 heteroatoms. The maximum absolute atomic E-state index is 14.4. The van der Waals surface area contributed by atoms with Crippen LogP contribution >= 0.6 is 0 Å². The Kier molecular flexibility index (Phi) is 4.62. The first kappa shape index (κ1) is 18.9. The molecule has 2 aliphatic rings. The molecular formula is C22H24F2N2O2. The average Bonchev–Trinajstić information content (AvgIpc) is 3.01. The molecule has 1 saturated heterocycles. The molecular weight excluding hydrogens is 362 g/mol. The van der Waals surface area contributed by atoms with Crippen molar-refractivity contribution in [1.29, 1.82) is 0 Å².